The first-order valence-electron chi connectivity index (χ1n) is 10.9. The quantitative estimate of drug-likeness (QED) is 0.672. The standard InChI is InChI=1S/C24H23FN4O3/c25-18-7-4-3-6-16(18)21-22(30)26-11-13-29(21)23(31)15-9-10-17-19(14-15)27-20-8-2-1-5-12-28(20)24(17)32/h3-4,6-7,9-10,14,21H,1-2,5,8,11-13H2,(H,26,30). The molecule has 3 heterocycles. The number of aromatic nitrogens is 2. The Morgan fingerprint density at radius 3 is 2.75 bits per heavy atom. The number of carbonyl (C=O) groups is 2. The monoisotopic (exact) mass is 434 g/mol. The van der Waals surface area contributed by atoms with Gasteiger partial charge >= 0.3 is 0 Å². The molecule has 0 radical (unpaired) electrons. The molecule has 32 heavy (non-hydrogen) atoms. The number of rotatable bonds is 2. The number of hydrogen-bond acceptors (Lipinski definition) is 4. The molecule has 7 nitrogen and oxygen atoms in total. The maximum atomic E-state index is 14.5. The van der Waals surface area contributed by atoms with Crippen molar-refractivity contribution in [3.63, 3.8) is 0 Å². The lowest BCUT2D eigenvalue weighted by Gasteiger charge is -2.35. The van der Waals surface area contributed by atoms with E-state index >= 15 is 0 Å². The molecular weight excluding hydrogens is 411 g/mol. The molecule has 1 saturated heterocycles. The average Bonchev–Trinajstić information content (AvgIpc) is 3.04. The van der Waals surface area contributed by atoms with Crippen LogP contribution in [0.1, 0.15) is 47.1 Å². The number of carbonyl (C=O) groups excluding carboxylic acids is 2. The summed E-state index contributed by atoms with van der Waals surface area (Å²) in [6.07, 6.45) is 3.71. The van der Waals surface area contributed by atoms with Crippen LogP contribution in [-0.4, -0.2) is 39.4 Å². The number of piperazine rings is 1. The van der Waals surface area contributed by atoms with Gasteiger partial charge < -0.3 is 10.2 Å². The van der Waals surface area contributed by atoms with E-state index in [-0.39, 0.29) is 24.2 Å². The van der Waals surface area contributed by atoms with Crippen LogP contribution in [0, 0.1) is 5.82 Å². The summed E-state index contributed by atoms with van der Waals surface area (Å²) in [5.41, 5.74) is 0.852. The van der Waals surface area contributed by atoms with Crippen molar-refractivity contribution in [2.45, 2.75) is 38.3 Å². The predicted octanol–water partition coefficient (Wildman–Crippen LogP) is 2.58. The van der Waals surface area contributed by atoms with E-state index in [0.29, 0.717) is 23.0 Å². The van der Waals surface area contributed by atoms with Gasteiger partial charge in [-0.25, -0.2) is 9.37 Å². The summed E-state index contributed by atoms with van der Waals surface area (Å²) in [5.74, 6) is -0.613. The number of aryl methyl sites for hydroxylation is 1. The van der Waals surface area contributed by atoms with Crippen molar-refractivity contribution in [2.24, 2.45) is 0 Å². The second kappa shape index (κ2) is 8.18. The highest BCUT2D eigenvalue weighted by molar-refractivity contribution is 6.00. The Balaban J connectivity index is 1.55. The van der Waals surface area contributed by atoms with Gasteiger partial charge in [-0.15, -0.1) is 0 Å². The van der Waals surface area contributed by atoms with E-state index in [9.17, 15) is 18.8 Å². The Hall–Kier alpha value is -3.55. The molecule has 0 saturated carbocycles. The maximum Gasteiger partial charge on any atom is 0.261 e. The van der Waals surface area contributed by atoms with Gasteiger partial charge in [0.2, 0.25) is 5.91 Å². The number of benzene rings is 2. The van der Waals surface area contributed by atoms with Crippen LogP contribution in [-0.2, 0) is 17.8 Å². The van der Waals surface area contributed by atoms with E-state index in [1.165, 1.54) is 17.0 Å². The molecular formula is C24H23FN4O3. The fourth-order valence-electron chi connectivity index (χ4n) is 4.61. The van der Waals surface area contributed by atoms with Crippen molar-refractivity contribution in [1.82, 2.24) is 19.8 Å². The fraction of sp³-hybridized carbons (Fsp3) is 0.333. The second-order valence-electron chi connectivity index (χ2n) is 8.24. The highest BCUT2D eigenvalue weighted by atomic mass is 19.1. The number of halogens is 1. The van der Waals surface area contributed by atoms with Gasteiger partial charge in [-0.2, -0.15) is 0 Å². The molecule has 1 fully saturated rings. The van der Waals surface area contributed by atoms with Crippen LogP contribution in [0.4, 0.5) is 4.39 Å². The smallest absolute Gasteiger partial charge is 0.261 e. The molecule has 1 aromatic heterocycles. The van der Waals surface area contributed by atoms with Crippen molar-refractivity contribution < 1.29 is 14.0 Å². The fourth-order valence-corrected chi connectivity index (χ4v) is 4.61. The molecule has 0 spiro atoms. The van der Waals surface area contributed by atoms with Gasteiger partial charge in [0.05, 0.1) is 10.9 Å². The molecule has 0 bridgehead atoms. The van der Waals surface area contributed by atoms with Crippen LogP contribution in [0.5, 0.6) is 0 Å². The Bertz CT molecular complexity index is 1290. The summed E-state index contributed by atoms with van der Waals surface area (Å²) in [4.78, 5) is 45.1. The molecule has 2 aliphatic heterocycles. The first-order valence-corrected chi connectivity index (χ1v) is 10.9. The number of hydrogen-bond donors (Lipinski definition) is 1. The third-order valence-corrected chi connectivity index (χ3v) is 6.24. The summed E-state index contributed by atoms with van der Waals surface area (Å²) in [7, 11) is 0. The SMILES string of the molecule is O=C1NCCN(C(=O)c2ccc3c(=O)n4c(nc3c2)CCCCC4)C1c1ccccc1F. The lowest BCUT2D eigenvalue weighted by Crippen LogP contribution is -2.52. The van der Waals surface area contributed by atoms with Crippen molar-refractivity contribution in [3.8, 4) is 0 Å². The summed E-state index contributed by atoms with van der Waals surface area (Å²) >= 11 is 0. The van der Waals surface area contributed by atoms with Crippen LogP contribution >= 0.6 is 0 Å². The van der Waals surface area contributed by atoms with Gasteiger partial charge in [-0.1, -0.05) is 24.6 Å². The molecule has 2 amide bonds. The second-order valence-corrected chi connectivity index (χ2v) is 8.24. The highest BCUT2D eigenvalue weighted by Gasteiger charge is 2.36. The molecule has 1 atom stereocenters. The molecule has 1 N–H and O–H groups in total. The van der Waals surface area contributed by atoms with Crippen molar-refractivity contribution in [1.29, 1.82) is 0 Å². The summed E-state index contributed by atoms with van der Waals surface area (Å²) in [6, 6.07) is 9.74. The maximum absolute atomic E-state index is 14.5. The number of nitrogens with zero attached hydrogens (tertiary/aromatic N) is 3. The van der Waals surface area contributed by atoms with Gasteiger partial charge in [0.1, 0.15) is 17.7 Å². The largest absolute Gasteiger partial charge is 0.352 e. The van der Waals surface area contributed by atoms with Crippen molar-refractivity contribution in [2.75, 3.05) is 13.1 Å². The van der Waals surface area contributed by atoms with Crippen LogP contribution in [0.2, 0.25) is 0 Å². The van der Waals surface area contributed by atoms with E-state index in [2.05, 4.69) is 10.3 Å². The van der Waals surface area contributed by atoms with Crippen LogP contribution in [0.15, 0.2) is 47.3 Å². The van der Waals surface area contributed by atoms with Crippen molar-refractivity contribution >= 4 is 22.7 Å². The predicted molar refractivity (Wildman–Crippen MR) is 117 cm³/mol. The molecule has 1 unspecified atom stereocenters. The lowest BCUT2D eigenvalue weighted by atomic mass is 10.00. The topological polar surface area (TPSA) is 84.3 Å². The van der Waals surface area contributed by atoms with E-state index in [1.54, 1.807) is 34.9 Å². The summed E-state index contributed by atoms with van der Waals surface area (Å²) in [5, 5.41) is 3.18. The van der Waals surface area contributed by atoms with E-state index in [1.807, 2.05) is 0 Å². The average molecular weight is 434 g/mol. The van der Waals surface area contributed by atoms with E-state index < -0.39 is 23.7 Å². The van der Waals surface area contributed by atoms with Gasteiger partial charge in [-0.3, -0.25) is 19.0 Å². The molecule has 2 aliphatic rings. The minimum Gasteiger partial charge on any atom is -0.352 e. The molecule has 8 heteroatoms. The minimum atomic E-state index is -1.06. The van der Waals surface area contributed by atoms with Gasteiger partial charge in [0, 0.05) is 37.2 Å². The Morgan fingerprint density at radius 2 is 1.91 bits per heavy atom. The van der Waals surface area contributed by atoms with Gasteiger partial charge in [-0.05, 0) is 37.1 Å². The summed E-state index contributed by atoms with van der Waals surface area (Å²) < 4.78 is 16.2. The normalized spacial score (nSPS) is 18.7. The number of nitrogens with one attached hydrogen (secondary N) is 1. The van der Waals surface area contributed by atoms with Crippen LogP contribution in [0.3, 0.4) is 0 Å². The van der Waals surface area contributed by atoms with Gasteiger partial charge in [0.15, 0.2) is 0 Å². The van der Waals surface area contributed by atoms with Gasteiger partial charge in [0.25, 0.3) is 11.5 Å². The zero-order valence-corrected chi connectivity index (χ0v) is 17.5. The molecule has 5 rings (SSSR count). The zero-order chi connectivity index (χ0) is 22.2. The van der Waals surface area contributed by atoms with Crippen molar-refractivity contribution in [3.05, 3.63) is 75.6 Å². The third-order valence-electron chi connectivity index (χ3n) is 6.24. The van der Waals surface area contributed by atoms with Crippen LogP contribution < -0.4 is 10.9 Å². The Labute approximate surface area is 183 Å². The minimum absolute atomic E-state index is 0.0903. The van der Waals surface area contributed by atoms with E-state index in [4.69, 9.17) is 0 Å². The first-order chi connectivity index (χ1) is 15.5. The van der Waals surface area contributed by atoms with Crippen LogP contribution in [0.25, 0.3) is 10.9 Å². The Morgan fingerprint density at radius 1 is 1.06 bits per heavy atom. The zero-order valence-electron chi connectivity index (χ0n) is 17.5. The summed E-state index contributed by atoms with van der Waals surface area (Å²) in [6.45, 7) is 1.20. The molecule has 2 aromatic carbocycles. The number of amides is 2. The molecule has 164 valence electrons. The third kappa shape index (κ3) is 3.45. The Kier molecular flexibility index (Phi) is 5.20. The van der Waals surface area contributed by atoms with E-state index in [0.717, 1.165) is 31.5 Å². The lowest BCUT2D eigenvalue weighted by molar-refractivity contribution is -0.128. The molecule has 3 aromatic rings. The first kappa shape index (κ1) is 20.4. The molecule has 0 aliphatic carbocycles. The highest BCUT2D eigenvalue weighted by Crippen LogP contribution is 2.28. The number of fused-ring (bicyclic) bond motifs is 2.